The normalized spacial score (nSPS) is 9.89. The monoisotopic (exact) mass is 267 g/mol. The van der Waals surface area contributed by atoms with E-state index >= 15 is 0 Å². The van der Waals surface area contributed by atoms with Gasteiger partial charge in [0.25, 0.3) is 6.47 Å². The van der Waals surface area contributed by atoms with Crippen LogP contribution >= 0.6 is 0 Å². The van der Waals surface area contributed by atoms with Crippen molar-refractivity contribution in [2.75, 3.05) is 12.4 Å². The van der Waals surface area contributed by atoms with Crippen LogP contribution in [0.2, 0.25) is 0 Å². The molecule has 0 saturated heterocycles. The molecule has 5 N–H and O–H groups in total. The van der Waals surface area contributed by atoms with Gasteiger partial charge in [0.05, 0.1) is 0 Å². The van der Waals surface area contributed by atoms with Gasteiger partial charge in [0.2, 0.25) is 0 Å². The summed E-state index contributed by atoms with van der Waals surface area (Å²) < 4.78 is 4.55. The first-order valence-electron chi connectivity index (χ1n) is 5.68. The third-order valence-corrected chi connectivity index (χ3v) is 1.96. The molecule has 0 fully saturated rings. The molecule has 19 heavy (non-hydrogen) atoms. The first kappa shape index (κ1) is 16.8. The number of carbonyl (C=O) groups is 1. The number of anilines is 1. The number of phenols is 1. The van der Waals surface area contributed by atoms with E-state index in [0.717, 1.165) is 0 Å². The summed E-state index contributed by atoms with van der Waals surface area (Å²) in [5, 5.41) is 19.1. The molecule has 0 saturated carbocycles. The van der Waals surface area contributed by atoms with Crippen LogP contribution in [0.3, 0.4) is 0 Å². The number of benzene rings is 1. The first-order chi connectivity index (χ1) is 8.71. The molecule has 0 aromatic heterocycles. The molecular formula is C13H21N3O3. The minimum absolute atomic E-state index is 0.0145. The summed E-state index contributed by atoms with van der Waals surface area (Å²) in [4.78, 5) is 9.60. The average Bonchev–Trinajstić information content (AvgIpc) is 2.27. The van der Waals surface area contributed by atoms with Crippen LogP contribution in [0.1, 0.15) is 26.3 Å². The fourth-order valence-corrected chi connectivity index (χ4v) is 1.12. The molecule has 0 aliphatic heterocycles. The van der Waals surface area contributed by atoms with Gasteiger partial charge in [-0.1, -0.05) is 0 Å². The highest BCUT2D eigenvalue weighted by atomic mass is 16.5. The van der Waals surface area contributed by atoms with E-state index in [4.69, 9.17) is 16.2 Å². The maximum Gasteiger partial charge on any atom is 0.293 e. The molecule has 6 heteroatoms. The van der Waals surface area contributed by atoms with Gasteiger partial charge >= 0.3 is 0 Å². The zero-order valence-electron chi connectivity index (χ0n) is 11.7. The number of ether oxygens (including phenoxy) is 1. The van der Waals surface area contributed by atoms with E-state index in [1.54, 1.807) is 13.1 Å². The second-order valence-corrected chi connectivity index (χ2v) is 4.72. The number of aromatic hydroxyl groups is 1. The highest BCUT2D eigenvalue weighted by Crippen LogP contribution is 2.20. The Morgan fingerprint density at radius 3 is 2.37 bits per heavy atom. The summed E-state index contributed by atoms with van der Waals surface area (Å²) in [6.45, 7) is 5.92. The van der Waals surface area contributed by atoms with Gasteiger partial charge in [0, 0.05) is 24.4 Å². The topological polar surface area (TPSA) is 108 Å². The summed E-state index contributed by atoms with van der Waals surface area (Å²) in [5.74, 6) is 0.142. The smallest absolute Gasteiger partial charge is 0.293 e. The number of amidine groups is 1. The predicted molar refractivity (Wildman–Crippen MR) is 75.6 cm³/mol. The van der Waals surface area contributed by atoms with E-state index in [2.05, 4.69) is 10.1 Å². The van der Waals surface area contributed by atoms with Crippen molar-refractivity contribution >= 4 is 18.0 Å². The van der Waals surface area contributed by atoms with Crippen molar-refractivity contribution < 1.29 is 14.6 Å². The Morgan fingerprint density at radius 1 is 1.47 bits per heavy atom. The molecule has 6 nitrogen and oxygen atoms in total. The van der Waals surface area contributed by atoms with Crippen LogP contribution < -0.4 is 11.1 Å². The van der Waals surface area contributed by atoms with Crippen molar-refractivity contribution in [3.8, 4) is 5.75 Å². The Kier molecular flexibility index (Phi) is 6.40. The van der Waals surface area contributed by atoms with E-state index in [1.165, 1.54) is 12.1 Å². The van der Waals surface area contributed by atoms with E-state index < -0.39 is 0 Å². The lowest BCUT2D eigenvalue weighted by Gasteiger charge is -2.14. The van der Waals surface area contributed by atoms with Crippen molar-refractivity contribution in [1.82, 2.24) is 0 Å². The number of hydrogen-bond acceptors (Lipinski definition) is 5. The van der Waals surface area contributed by atoms with Crippen LogP contribution in [-0.2, 0) is 9.53 Å². The van der Waals surface area contributed by atoms with Gasteiger partial charge in [0.1, 0.15) is 17.2 Å². The van der Waals surface area contributed by atoms with E-state index in [-0.39, 0.29) is 17.2 Å². The standard InChI is InChI=1S/C8H11N3O.C5H10O2/c1-11-7-4-5(12)2-3-6(7)8(9)10;1-5(2,3)7-4-6/h2-4,11-12H,1H3,(H3,9,10);4H,1-3H3. The minimum atomic E-state index is -0.318. The summed E-state index contributed by atoms with van der Waals surface area (Å²) in [5.41, 5.74) is 6.23. The van der Waals surface area contributed by atoms with Crippen LogP contribution in [-0.4, -0.2) is 30.1 Å². The highest BCUT2D eigenvalue weighted by Gasteiger charge is 2.07. The fourth-order valence-electron chi connectivity index (χ4n) is 1.12. The molecule has 0 heterocycles. The molecule has 0 amide bonds. The number of nitrogens with one attached hydrogen (secondary N) is 2. The summed E-state index contributed by atoms with van der Waals surface area (Å²) in [7, 11) is 1.71. The average molecular weight is 267 g/mol. The quantitative estimate of drug-likeness (QED) is 0.378. The number of hydrogen-bond donors (Lipinski definition) is 4. The largest absolute Gasteiger partial charge is 0.508 e. The van der Waals surface area contributed by atoms with Gasteiger partial charge < -0.3 is 20.9 Å². The molecule has 1 aromatic rings. The van der Waals surface area contributed by atoms with Gasteiger partial charge in [-0.2, -0.15) is 0 Å². The lowest BCUT2D eigenvalue weighted by molar-refractivity contribution is -0.138. The number of nitrogens with two attached hydrogens (primary N) is 1. The molecule has 0 atom stereocenters. The lowest BCUT2D eigenvalue weighted by atomic mass is 10.1. The molecule has 1 rings (SSSR count). The fraction of sp³-hybridized carbons (Fsp3) is 0.385. The van der Waals surface area contributed by atoms with E-state index in [9.17, 15) is 4.79 Å². The van der Waals surface area contributed by atoms with Crippen LogP contribution in [0.4, 0.5) is 5.69 Å². The Balaban J connectivity index is 0.000000399. The van der Waals surface area contributed by atoms with Crippen molar-refractivity contribution in [2.24, 2.45) is 5.73 Å². The van der Waals surface area contributed by atoms with Crippen molar-refractivity contribution in [3.05, 3.63) is 23.8 Å². The van der Waals surface area contributed by atoms with Gasteiger partial charge in [-0.25, -0.2) is 0 Å². The number of rotatable bonds is 3. The van der Waals surface area contributed by atoms with E-state index in [0.29, 0.717) is 17.7 Å². The van der Waals surface area contributed by atoms with Crippen LogP contribution in [0.25, 0.3) is 0 Å². The second kappa shape index (κ2) is 7.25. The Labute approximate surface area is 113 Å². The van der Waals surface area contributed by atoms with Crippen LogP contribution in [0.5, 0.6) is 5.75 Å². The maximum absolute atomic E-state index is 9.60. The second-order valence-electron chi connectivity index (χ2n) is 4.72. The van der Waals surface area contributed by atoms with Crippen LogP contribution in [0, 0.1) is 5.41 Å². The highest BCUT2D eigenvalue weighted by molar-refractivity contribution is 6.00. The van der Waals surface area contributed by atoms with Gasteiger partial charge in [-0.05, 0) is 32.9 Å². The molecule has 0 bridgehead atoms. The van der Waals surface area contributed by atoms with Crippen molar-refractivity contribution in [2.45, 2.75) is 26.4 Å². The molecule has 106 valence electrons. The molecule has 0 aliphatic carbocycles. The minimum Gasteiger partial charge on any atom is -0.508 e. The molecule has 0 spiro atoms. The zero-order valence-corrected chi connectivity index (χ0v) is 11.7. The van der Waals surface area contributed by atoms with Gasteiger partial charge in [-0.15, -0.1) is 0 Å². The lowest BCUT2D eigenvalue weighted by Crippen LogP contribution is -2.17. The summed E-state index contributed by atoms with van der Waals surface area (Å²) >= 11 is 0. The van der Waals surface area contributed by atoms with Gasteiger partial charge in [0.15, 0.2) is 0 Å². The van der Waals surface area contributed by atoms with Crippen LogP contribution in [0.15, 0.2) is 18.2 Å². The summed E-state index contributed by atoms with van der Waals surface area (Å²) in [6, 6.07) is 4.62. The molecule has 1 aromatic carbocycles. The summed E-state index contributed by atoms with van der Waals surface area (Å²) in [6.07, 6.45) is 0. The van der Waals surface area contributed by atoms with Crippen molar-refractivity contribution in [3.63, 3.8) is 0 Å². The predicted octanol–water partition coefficient (Wildman–Crippen LogP) is 1.68. The molecule has 0 unspecified atom stereocenters. The Hall–Kier alpha value is -2.24. The van der Waals surface area contributed by atoms with E-state index in [1.807, 2.05) is 20.8 Å². The van der Waals surface area contributed by atoms with Crippen molar-refractivity contribution in [1.29, 1.82) is 5.41 Å². The third kappa shape index (κ3) is 6.92. The number of phenolic OH excluding ortho intramolecular Hbond substituents is 1. The number of nitrogen functional groups attached to an aromatic ring is 1. The Bertz CT molecular complexity index is 439. The number of carbonyl (C=O) groups excluding carboxylic acids is 1. The van der Waals surface area contributed by atoms with Gasteiger partial charge in [-0.3, -0.25) is 10.2 Å². The molecular weight excluding hydrogens is 246 g/mol. The maximum atomic E-state index is 9.60. The Morgan fingerprint density at radius 2 is 2.05 bits per heavy atom. The third-order valence-electron chi connectivity index (χ3n) is 1.96. The molecule has 0 radical (unpaired) electrons. The zero-order chi connectivity index (χ0) is 15.1. The SMILES string of the molecule is CC(C)(C)OC=O.CNc1cc(O)ccc1C(=N)N. The molecule has 0 aliphatic rings. The first-order valence-corrected chi connectivity index (χ1v) is 5.68.